The molecule has 21 heavy (non-hydrogen) atoms. The van der Waals surface area contributed by atoms with E-state index in [1.165, 1.54) is 0 Å². The fourth-order valence-electron chi connectivity index (χ4n) is 2.92. The zero-order chi connectivity index (χ0) is 15.0. The van der Waals surface area contributed by atoms with E-state index in [9.17, 15) is 9.90 Å². The predicted octanol–water partition coefficient (Wildman–Crippen LogP) is 3.43. The minimum Gasteiger partial charge on any atom is -0.390 e. The lowest BCUT2D eigenvalue weighted by atomic mass is 9.83. The van der Waals surface area contributed by atoms with E-state index in [0.717, 1.165) is 44.2 Å². The number of nitrogens with one attached hydrogen (secondary N) is 1. The highest BCUT2D eigenvalue weighted by Gasteiger charge is 2.33. The second-order valence-corrected chi connectivity index (χ2v) is 6.99. The van der Waals surface area contributed by atoms with Gasteiger partial charge < -0.3 is 10.4 Å². The molecule has 2 fully saturated rings. The average molecular weight is 309 g/mol. The quantitative estimate of drug-likeness (QED) is 0.661. The molecular weight excluding hydrogens is 288 g/mol. The van der Waals surface area contributed by atoms with Gasteiger partial charge in [-0.25, -0.2) is 4.98 Å². The number of Topliss-reactive ketones (excluding diaryl/α,β-unsaturated/α-hetero) is 1. The van der Waals surface area contributed by atoms with Crippen molar-refractivity contribution in [2.45, 2.75) is 57.1 Å². The maximum absolute atomic E-state index is 12.3. The number of carbonyl (C=O) groups excluding carboxylic acids is 1. The SMILES string of the molecule is CC1(O)CCC(Nc2cc(Cl)ncc2C(=O)C2CC2)CC1. The van der Waals surface area contributed by atoms with Crippen molar-refractivity contribution >= 4 is 23.1 Å². The van der Waals surface area contributed by atoms with E-state index in [2.05, 4.69) is 10.3 Å². The first-order valence-electron chi connectivity index (χ1n) is 7.63. The summed E-state index contributed by atoms with van der Waals surface area (Å²) in [6, 6.07) is 2.01. The van der Waals surface area contributed by atoms with Crippen LogP contribution < -0.4 is 5.32 Å². The second kappa shape index (κ2) is 5.58. The molecule has 0 aliphatic heterocycles. The van der Waals surface area contributed by atoms with Crippen LogP contribution in [0.5, 0.6) is 0 Å². The maximum Gasteiger partial charge on any atom is 0.169 e. The number of rotatable bonds is 4. The summed E-state index contributed by atoms with van der Waals surface area (Å²) in [7, 11) is 0. The Labute approximate surface area is 129 Å². The van der Waals surface area contributed by atoms with Gasteiger partial charge in [-0.2, -0.15) is 0 Å². The van der Waals surface area contributed by atoms with Gasteiger partial charge in [-0.15, -0.1) is 0 Å². The second-order valence-electron chi connectivity index (χ2n) is 6.61. The van der Waals surface area contributed by atoms with Crippen LogP contribution in [0.4, 0.5) is 5.69 Å². The molecule has 0 aromatic carbocycles. The highest BCUT2D eigenvalue weighted by atomic mass is 35.5. The van der Waals surface area contributed by atoms with Crippen LogP contribution in [0.25, 0.3) is 0 Å². The van der Waals surface area contributed by atoms with Crippen LogP contribution in [0.1, 0.15) is 55.8 Å². The molecule has 5 heteroatoms. The zero-order valence-electron chi connectivity index (χ0n) is 12.2. The molecule has 0 atom stereocenters. The number of nitrogens with zero attached hydrogens (tertiary/aromatic N) is 1. The molecule has 1 aromatic heterocycles. The first-order chi connectivity index (χ1) is 9.94. The Bertz CT molecular complexity index is 545. The van der Waals surface area contributed by atoms with E-state index in [-0.39, 0.29) is 17.7 Å². The third kappa shape index (κ3) is 3.55. The molecule has 4 nitrogen and oxygen atoms in total. The summed E-state index contributed by atoms with van der Waals surface area (Å²) in [4.78, 5) is 16.4. The van der Waals surface area contributed by atoms with Crippen molar-refractivity contribution in [2.24, 2.45) is 5.92 Å². The maximum atomic E-state index is 12.3. The summed E-state index contributed by atoms with van der Waals surface area (Å²) in [5, 5.41) is 13.8. The molecule has 1 heterocycles. The van der Waals surface area contributed by atoms with Crippen molar-refractivity contribution in [2.75, 3.05) is 5.32 Å². The Balaban J connectivity index is 1.75. The minimum absolute atomic E-state index is 0.167. The molecule has 0 bridgehead atoms. The molecule has 0 spiro atoms. The van der Waals surface area contributed by atoms with Gasteiger partial charge >= 0.3 is 0 Å². The molecule has 3 rings (SSSR count). The standard InChI is InChI=1S/C16H21ClN2O2/c1-16(21)6-4-11(5-7-16)19-13-8-14(17)18-9-12(13)15(20)10-2-3-10/h8-11,21H,2-7H2,1H3,(H,18,19). The number of halogens is 1. The smallest absolute Gasteiger partial charge is 0.169 e. The van der Waals surface area contributed by atoms with Gasteiger partial charge in [0.25, 0.3) is 0 Å². The van der Waals surface area contributed by atoms with Crippen LogP contribution in [0.15, 0.2) is 12.3 Å². The highest BCUT2D eigenvalue weighted by Crippen LogP contribution is 2.36. The van der Waals surface area contributed by atoms with Gasteiger partial charge in [0.1, 0.15) is 5.15 Å². The third-order valence-corrected chi connectivity index (χ3v) is 4.71. The van der Waals surface area contributed by atoms with Gasteiger partial charge in [-0.3, -0.25) is 4.79 Å². The van der Waals surface area contributed by atoms with Crippen LogP contribution in [0.2, 0.25) is 5.15 Å². The van der Waals surface area contributed by atoms with Gasteiger partial charge in [0.15, 0.2) is 5.78 Å². The van der Waals surface area contributed by atoms with E-state index >= 15 is 0 Å². The van der Waals surface area contributed by atoms with E-state index in [4.69, 9.17) is 11.6 Å². The Kier molecular flexibility index (Phi) is 3.93. The Morgan fingerprint density at radius 2 is 2.05 bits per heavy atom. The number of aromatic nitrogens is 1. The van der Waals surface area contributed by atoms with Gasteiger partial charge in [0.2, 0.25) is 0 Å². The van der Waals surface area contributed by atoms with E-state index in [1.807, 2.05) is 6.92 Å². The highest BCUT2D eigenvalue weighted by molar-refractivity contribution is 6.29. The van der Waals surface area contributed by atoms with Crippen molar-refractivity contribution in [3.8, 4) is 0 Å². The summed E-state index contributed by atoms with van der Waals surface area (Å²) < 4.78 is 0. The molecule has 0 radical (unpaired) electrons. The van der Waals surface area contributed by atoms with Crippen molar-refractivity contribution in [1.29, 1.82) is 0 Å². The average Bonchev–Trinajstić information content (AvgIpc) is 3.25. The number of hydrogen-bond donors (Lipinski definition) is 2. The van der Waals surface area contributed by atoms with E-state index < -0.39 is 5.60 Å². The van der Waals surface area contributed by atoms with Crippen LogP contribution in [-0.4, -0.2) is 27.5 Å². The molecule has 2 aliphatic rings. The topological polar surface area (TPSA) is 62.2 Å². The van der Waals surface area contributed by atoms with Gasteiger partial charge in [0.05, 0.1) is 11.2 Å². The van der Waals surface area contributed by atoms with Crippen molar-refractivity contribution < 1.29 is 9.90 Å². The summed E-state index contributed by atoms with van der Waals surface area (Å²) in [6.45, 7) is 1.88. The van der Waals surface area contributed by atoms with Crippen LogP contribution in [0, 0.1) is 5.92 Å². The summed E-state index contributed by atoms with van der Waals surface area (Å²) >= 11 is 5.98. The number of pyridine rings is 1. The summed E-state index contributed by atoms with van der Waals surface area (Å²) in [5.74, 6) is 0.338. The Morgan fingerprint density at radius 3 is 2.67 bits per heavy atom. The van der Waals surface area contributed by atoms with Crippen LogP contribution in [-0.2, 0) is 0 Å². The van der Waals surface area contributed by atoms with Gasteiger partial charge in [0, 0.05) is 23.8 Å². The molecule has 0 saturated heterocycles. The number of aliphatic hydroxyl groups is 1. The van der Waals surface area contributed by atoms with Crippen molar-refractivity contribution in [3.05, 3.63) is 23.0 Å². The van der Waals surface area contributed by atoms with Gasteiger partial charge in [-0.1, -0.05) is 11.6 Å². The number of anilines is 1. The minimum atomic E-state index is -0.555. The van der Waals surface area contributed by atoms with Gasteiger partial charge in [-0.05, 0) is 51.5 Å². The molecule has 2 N–H and O–H groups in total. The molecule has 114 valence electrons. The lowest BCUT2D eigenvalue weighted by molar-refractivity contribution is 0.0196. The normalized spacial score (nSPS) is 29.2. The van der Waals surface area contributed by atoms with E-state index in [0.29, 0.717) is 10.7 Å². The van der Waals surface area contributed by atoms with Crippen LogP contribution >= 0.6 is 11.6 Å². The largest absolute Gasteiger partial charge is 0.390 e. The predicted molar refractivity (Wildman–Crippen MR) is 82.8 cm³/mol. The molecular formula is C16H21ClN2O2. The first kappa shape index (κ1) is 14.8. The molecule has 0 amide bonds. The number of hydrogen-bond acceptors (Lipinski definition) is 4. The molecule has 2 aliphatic carbocycles. The Morgan fingerprint density at radius 1 is 1.38 bits per heavy atom. The third-order valence-electron chi connectivity index (χ3n) is 4.51. The Hall–Kier alpha value is -1.13. The van der Waals surface area contributed by atoms with Crippen molar-refractivity contribution in [1.82, 2.24) is 4.98 Å². The molecule has 2 saturated carbocycles. The lowest BCUT2D eigenvalue weighted by Crippen LogP contribution is -2.36. The van der Waals surface area contributed by atoms with Crippen LogP contribution in [0.3, 0.4) is 0 Å². The van der Waals surface area contributed by atoms with E-state index in [1.54, 1.807) is 12.3 Å². The molecule has 1 aromatic rings. The number of ketones is 1. The zero-order valence-corrected chi connectivity index (χ0v) is 13.0. The fourth-order valence-corrected chi connectivity index (χ4v) is 3.07. The summed E-state index contributed by atoms with van der Waals surface area (Å²) in [6.07, 6.45) is 6.88. The monoisotopic (exact) mass is 308 g/mol. The first-order valence-corrected chi connectivity index (χ1v) is 8.01. The fraction of sp³-hybridized carbons (Fsp3) is 0.625. The summed E-state index contributed by atoms with van der Waals surface area (Å²) in [5.41, 5.74) is 0.887. The molecule has 0 unspecified atom stereocenters. The number of carbonyl (C=O) groups is 1. The van der Waals surface area contributed by atoms with Crippen molar-refractivity contribution in [3.63, 3.8) is 0 Å². The lowest BCUT2D eigenvalue weighted by Gasteiger charge is -2.34.